The second-order valence-electron chi connectivity index (χ2n) is 13.9. The first kappa shape index (κ1) is 26.0. The van der Waals surface area contributed by atoms with Crippen LogP contribution in [0.5, 0.6) is 0 Å². The molecule has 2 heterocycles. The molecule has 0 N–H and O–H groups in total. The van der Waals surface area contributed by atoms with Crippen molar-refractivity contribution in [2.45, 2.75) is 52.4 Å². The van der Waals surface area contributed by atoms with Gasteiger partial charge in [-0.1, -0.05) is 156 Å². The van der Waals surface area contributed by atoms with Gasteiger partial charge in [0.2, 0.25) is 13.4 Å². The van der Waals surface area contributed by atoms with Gasteiger partial charge in [-0.05, 0) is 55.9 Å². The second kappa shape index (κ2) is 9.28. The van der Waals surface area contributed by atoms with Crippen molar-refractivity contribution in [1.82, 2.24) is 0 Å². The second-order valence-corrected chi connectivity index (χ2v) is 13.9. The zero-order chi connectivity index (χ0) is 28.5. The molecular formula is C38H37B2N. The van der Waals surface area contributed by atoms with E-state index >= 15 is 0 Å². The highest BCUT2D eigenvalue weighted by Gasteiger charge is 2.43. The zero-order valence-electron chi connectivity index (χ0n) is 25.1. The molecule has 0 atom stereocenters. The Balaban J connectivity index is 1.52. The lowest BCUT2D eigenvalue weighted by Gasteiger charge is -2.44. The van der Waals surface area contributed by atoms with Gasteiger partial charge in [0.05, 0.1) is 0 Å². The molecule has 0 radical (unpaired) electrons. The van der Waals surface area contributed by atoms with Gasteiger partial charge in [-0.25, -0.2) is 0 Å². The van der Waals surface area contributed by atoms with E-state index in [1.54, 1.807) is 0 Å². The van der Waals surface area contributed by atoms with Gasteiger partial charge >= 0.3 is 0 Å². The topological polar surface area (TPSA) is 3.24 Å². The molecule has 5 aromatic carbocycles. The molecular weight excluding hydrogens is 492 g/mol. The van der Waals surface area contributed by atoms with Crippen molar-refractivity contribution >= 4 is 63.3 Å². The van der Waals surface area contributed by atoms with Crippen LogP contribution in [0.2, 0.25) is 0 Å². The maximum Gasteiger partial charge on any atom is 0.246 e. The number of para-hydroxylation sites is 2. The molecule has 1 nitrogen and oxygen atoms in total. The van der Waals surface area contributed by atoms with E-state index in [9.17, 15) is 0 Å². The van der Waals surface area contributed by atoms with Crippen LogP contribution < -0.4 is 37.7 Å². The van der Waals surface area contributed by atoms with Crippen LogP contribution in [-0.2, 0) is 10.8 Å². The standard InChI is InChI=1S/C38H37B2N/c1-37(2,3)26-19-22-29(23-20-26)40-30-15-10-11-18-34(30)41-35-25-27(38(4,5)6)21-24-31(35)39(28-13-8-7-9-14-28)32-16-12-17-33(40)36(32)41/h7-25H,1-6H3. The molecule has 2 aliphatic heterocycles. The fourth-order valence-corrected chi connectivity index (χ4v) is 6.93. The van der Waals surface area contributed by atoms with Gasteiger partial charge in [-0.2, -0.15) is 0 Å². The van der Waals surface area contributed by atoms with Crippen LogP contribution in [-0.4, -0.2) is 13.4 Å². The van der Waals surface area contributed by atoms with Crippen LogP contribution >= 0.6 is 0 Å². The van der Waals surface area contributed by atoms with E-state index in [1.165, 1.54) is 61.0 Å². The maximum atomic E-state index is 2.57. The van der Waals surface area contributed by atoms with Crippen molar-refractivity contribution in [1.29, 1.82) is 0 Å². The molecule has 0 aliphatic carbocycles. The van der Waals surface area contributed by atoms with Crippen LogP contribution in [0.3, 0.4) is 0 Å². The molecule has 2 aliphatic rings. The first-order chi connectivity index (χ1) is 19.6. The SMILES string of the molecule is CC(C)(C)c1ccc(B2c3ccccc3N3c4cc(C(C)(C)C)ccc4B(c4ccccc4)c4cccc2c43)cc1. The van der Waals surface area contributed by atoms with Gasteiger partial charge in [-0.15, -0.1) is 0 Å². The van der Waals surface area contributed by atoms with Crippen molar-refractivity contribution < 1.29 is 0 Å². The molecule has 0 bridgehead atoms. The Morgan fingerprint density at radius 1 is 0.439 bits per heavy atom. The Hall–Kier alpha value is -3.97. The smallest absolute Gasteiger partial charge is 0.246 e. The number of hydrogen-bond acceptors (Lipinski definition) is 1. The van der Waals surface area contributed by atoms with Gasteiger partial charge in [0.1, 0.15) is 0 Å². The Kier molecular flexibility index (Phi) is 5.88. The van der Waals surface area contributed by atoms with Crippen LogP contribution in [0.4, 0.5) is 17.1 Å². The van der Waals surface area contributed by atoms with Crippen LogP contribution in [0.25, 0.3) is 0 Å². The van der Waals surface area contributed by atoms with Crippen LogP contribution in [0, 0.1) is 0 Å². The Labute approximate surface area is 246 Å². The average molecular weight is 529 g/mol. The van der Waals surface area contributed by atoms with Gasteiger partial charge in [0, 0.05) is 17.1 Å². The van der Waals surface area contributed by atoms with E-state index < -0.39 is 0 Å². The number of nitrogens with zero attached hydrogens (tertiary/aromatic N) is 1. The minimum Gasteiger partial charge on any atom is -0.313 e. The van der Waals surface area contributed by atoms with Crippen molar-refractivity contribution in [3.63, 3.8) is 0 Å². The summed E-state index contributed by atoms with van der Waals surface area (Å²) in [4.78, 5) is 2.57. The molecule has 41 heavy (non-hydrogen) atoms. The summed E-state index contributed by atoms with van der Waals surface area (Å²) in [7, 11) is 0. The molecule has 200 valence electrons. The monoisotopic (exact) mass is 529 g/mol. The minimum atomic E-state index is 0.0592. The third-order valence-electron chi connectivity index (χ3n) is 9.12. The Morgan fingerprint density at radius 3 is 1.59 bits per heavy atom. The Morgan fingerprint density at radius 2 is 0.951 bits per heavy atom. The predicted molar refractivity (Wildman–Crippen MR) is 181 cm³/mol. The number of rotatable bonds is 2. The fourth-order valence-electron chi connectivity index (χ4n) is 6.93. The molecule has 0 aromatic heterocycles. The minimum absolute atomic E-state index is 0.0592. The molecule has 0 saturated heterocycles. The van der Waals surface area contributed by atoms with E-state index in [-0.39, 0.29) is 24.3 Å². The number of fused-ring (bicyclic) bond motifs is 4. The highest BCUT2D eigenvalue weighted by Crippen LogP contribution is 2.39. The summed E-state index contributed by atoms with van der Waals surface area (Å²) in [5.41, 5.74) is 15.1. The molecule has 7 rings (SSSR count). The van der Waals surface area contributed by atoms with Gasteiger partial charge in [0.25, 0.3) is 0 Å². The van der Waals surface area contributed by atoms with E-state index in [1.807, 2.05) is 0 Å². The summed E-state index contributed by atoms with van der Waals surface area (Å²) in [6, 6.07) is 43.7. The van der Waals surface area contributed by atoms with E-state index in [2.05, 4.69) is 162 Å². The van der Waals surface area contributed by atoms with Crippen LogP contribution in [0.15, 0.2) is 115 Å². The first-order valence-corrected chi connectivity index (χ1v) is 14.9. The third kappa shape index (κ3) is 4.17. The molecule has 0 saturated carbocycles. The fraction of sp³-hybridized carbons (Fsp3) is 0.211. The van der Waals surface area contributed by atoms with E-state index in [0.717, 1.165) is 0 Å². The largest absolute Gasteiger partial charge is 0.313 e. The van der Waals surface area contributed by atoms with Gasteiger partial charge in [0.15, 0.2) is 0 Å². The summed E-state index contributed by atoms with van der Waals surface area (Å²) in [6.45, 7) is 14.2. The summed E-state index contributed by atoms with van der Waals surface area (Å²) >= 11 is 0. The molecule has 0 amide bonds. The van der Waals surface area contributed by atoms with Crippen molar-refractivity contribution in [2.75, 3.05) is 4.90 Å². The number of hydrogen-bond donors (Lipinski definition) is 0. The molecule has 0 unspecified atom stereocenters. The first-order valence-electron chi connectivity index (χ1n) is 14.9. The highest BCUT2D eigenvalue weighted by atomic mass is 15.2. The Bertz CT molecular complexity index is 1760. The lowest BCUT2D eigenvalue weighted by Crippen LogP contribution is -2.65. The van der Waals surface area contributed by atoms with Crippen LogP contribution in [0.1, 0.15) is 52.7 Å². The van der Waals surface area contributed by atoms with Crippen molar-refractivity contribution in [3.05, 3.63) is 126 Å². The summed E-state index contributed by atoms with van der Waals surface area (Å²) in [6.07, 6.45) is 0. The molecule has 0 spiro atoms. The molecule has 3 heteroatoms. The quantitative estimate of drug-likeness (QED) is 0.271. The average Bonchev–Trinajstić information content (AvgIpc) is 2.96. The molecule has 5 aromatic rings. The van der Waals surface area contributed by atoms with E-state index in [4.69, 9.17) is 0 Å². The predicted octanol–water partition coefficient (Wildman–Crippen LogP) is 5.41. The molecule has 0 fully saturated rings. The normalized spacial score (nSPS) is 14.0. The van der Waals surface area contributed by atoms with Gasteiger partial charge < -0.3 is 4.90 Å². The highest BCUT2D eigenvalue weighted by molar-refractivity contribution is 7.02. The maximum absolute atomic E-state index is 2.57. The summed E-state index contributed by atoms with van der Waals surface area (Å²) < 4.78 is 0. The van der Waals surface area contributed by atoms with E-state index in [0.29, 0.717) is 0 Å². The van der Waals surface area contributed by atoms with Crippen molar-refractivity contribution in [3.8, 4) is 0 Å². The number of anilines is 3. The zero-order valence-corrected chi connectivity index (χ0v) is 25.1. The summed E-state index contributed by atoms with van der Waals surface area (Å²) in [5.74, 6) is 0. The lowest BCUT2D eigenvalue weighted by atomic mass is 9.30. The van der Waals surface area contributed by atoms with Crippen molar-refractivity contribution in [2.24, 2.45) is 0 Å². The summed E-state index contributed by atoms with van der Waals surface area (Å²) in [5, 5.41) is 0. The lowest BCUT2D eigenvalue weighted by molar-refractivity contribution is 0.590. The van der Waals surface area contributed by atoms with Gasteiger partial charge in [-0.3, -0.25) is 0 Å². The number of benzene rings is 5. The third-order valence-corrected chi connectivity index (χ3v) is 9.12.